The van der Waals surface area contributed by atoms with Gasteiger partial charge < -0.3 is 133 Å². The van der Waals surface area contributed by atoms with E-state index in [1.165, 1.54) is 55.1 Å². The van der Waals surface area contributed by atoms with E-state index in [9.17, 15) is 84.6 Å². The molecular weight excluding hydrogens is 1660 g/mol. The number of carboxylic acids is 1. The number of aliphatic hydroxyl groups is 6. The van der Waals surface area contributed by atoms with Crippen molar-refractivity contribution in [3.8, 4) is 57.1 Å². The molecule has 11 bridgehead atoms. The number of halogens is 3. The number of benzene rings is 6. The molecule has 0 aliphatic carbocycles. The van der Waals surface area contributed by atoms with Crippen LogP contribution in [0.25, 0.3) is 17.2 Å². The Morgan fingerprint density at radius 1 is 0.721 bits per heavy atom. The summed E-state index contributed by atoms with van der Waals surface area (Å²) in [5, 5.41) is 139. The normalized spacial score (nSPS) is 26.4. The number of nitrogens with one attached hydrogen (secondary N) is 9. The second-order valence-electron chi connectivity index (χ2n) is 30.2. The fraction of sp³-hybridized carbons (Fsp3) is 0.370. The van der Waals surface area contributed by atoms with Crippen molar-refractivity contribution in [2.24, 2.45) is 11.7 Å². The third-order valence-corrected chi connectivity index (χ3v) is 21.9. The molecule has 7 aromatic rings. The highest BCUT2D eigenvalue weighted by molar-refractivity contribution is 6.32. The second kappa shape index (κ2) is 37.8. The number of rotatable bonds is 20. The number of aliphatic carboxylic acids is 1. The summed E-state index contributed by atoms with van der Waals surface area (Å²) in [6.07, 6.45) is -15.4. The van der Waals surface area contributed by atoms with Crippen LogP contribution >= 0.6 is 34.8 Å². The summed E-state index contributed by atoms with van der Waals surface area (Å²) in [4.78, 5) is 148. The third kappa shape index (κ3) is 20.1. The number of aromatic hydroxyl groups is 3. The maximum Gasteiger partial charge on any atom is 0.349 e. The SMILES string of the molecule is CN[C@@H](CC(C)C)C(=O)N[C@H]1C(=O)N[C@@H](CC(N)=O)C(=O)NC2C(=O)N[C@@H]3C(=O)N[C@@H](C(=O)N[C@@H](C(=O)O)c4cc(O)cc(O)c4-c4cc3ccc4O)[C@H](O)c3ccc(c(Cl)c3)Oc3cc2cc(c3OC2O[C@@H](CO)[C@@H](O)[C@@H](O)[C@H]2O[C@H]2C[C@@](C)(NCCn3ccc(NC(=O)/C=C/c4ccc(Cl)cc4)nc3=O)[C@@H](O)[C@@H](C)O2)Oc2ccc(cc2Cl)[C@H]1O. The Morgan fingerprint density at radius 2 is 1.36 bits per heavy atom. The molecule has 14 rings (SSSR count). The van der Waals surface area contributed by atoms with Crippen molar-refractivity contribution >= 4 is 99.9 Å². The maximum absolute atomic E-state index is 16.2. The number of carboxylic acid groups (broad SMARTS) is 1. The van der Waals surface area contributed by atoms with Crippen LogP contribution in [0.1, 0.15) is 111 Å². The van der Waals surface area contributed by atoms with E-state index in [0.29, 0.717) is 10.6 Å². The number of phenolic OH excluding ortho intramolecular Hbond substituents is 3. The van der Waals surface area contributed by atoms with Crippen molar-refractivity contribution in [1.82, 2.24) is 52.1 Å². The zero-order valence-corrected chi connectivity index (χ0v) is 67.6. The van der Waals surface area contributed by atoms with Crippen molar-refractivity contribution in [3.05, 3.63) is 180 Å². The summed E-state index contributed by atoms with van der Waals surface area (Å²) >= 11 is 20.3. The molecule has 2 fully saturated rings. The number of aromatic nitrogens is 2. The number of primary amides is 1. The number of anilines is 1. The average molecular weight is 1750 g/mol. The Balaban J connectivity index is 0.992. The number of aliphatic hydroxyl groups excluding tert-OH is 6. The van der Waals surface area contributed by atoms with Crippen molar-refractivity contribution in [2.45, 2.75) is 163 Å². The van der Waals surface area contributed by atoms with Gasteiger partial charge in [-0.3, -0.25) is 42.9 Å². The first kappa shape index (κ1) is 89.7. The molecule has 41 heteroatoms. The molecule has 7 aliphatic heterocycles. The molecule has 122 heavy (non-hydrogen) atoms. The molecule has 2 unspecified atom stereocenters. The van der Waals surface area contributed by atoms with E-state index in [-0.39, 0.29) is 60.1 Å². The molecule has 6 aromatic carbocycles. The molecule has 18 atom stereocenters. The molecule has 0 radical (unpaired) electrons. The number of carbonyl (C=O) groups excluding carboxylic acids is 8. The predicted octanol–water partition coefficient (Wildman–Crippen LogP) is 2.30. The number of nitrogens with zero attached hydrogens (tertiary/aromatic N) is 2. The molecule has 0 spiro atoms. The molecule has 8 heterocycles. The van der Waals surface area contributed by atoms with Gasteiger partial charge in [0.25, 0.3) is 0 Å². The van der Waals surface area contributed by atoms with Crippen molar-refractivity contribution in [3.63, 3.8) is 0 Å². The van der Waals surface area contributed by atoms with Crippen LogP contribution in [0.3, 0.4) is 0 Å². The van der Waals surface area contributed by atoms with Crippen LogP contribution in [0, 0.1) is 5.92 Å². The second-order valence-corrected chi connectivity index (χ2v) is 31.5. The first-order valence-corrected chi connectivity index (χ1v) is 39.3. The summed E-state index contributed by atoms with van der Waals surface area (Å²) in [5.74, 6) is -17.1. The Hall–Kier alpha value is -11.6. The van der Waals surface area contributed by atoms with E-state index in [1.807, 2.05) is 13.8 Å². The Kier molecular flexibility index (Phi) is 27.8. The molecule has 648 valence electrons. The van der Waals surface area contributed by atoms with Gasteiger partial charge >= 0.3 is 11.7 Å². The van der Waals surface area contributed by atoms with Crippen LogP contribution in [0.15, 0.2) is 126 Å². The number of nitrogens with two attached hydrogens (primary N) is 1. The number of fused-ring (bicyclic) bond motifs is 15. The quantitative estimate of drug-likeness (QED) is 0.0487. The fourth-order valence-electron chi connectivity index (χ4n) is 14.7. The van der Waals surface area contributed by atoms with Gasteiger partial charge in [-0.2, -0.15) is 4.98 Å². The molecular formula is C81H87Cl3N12O26. The van der Waals surface area contributed by atoms with Gasteiger partial charge in [0.15, 0.2) is 29.9 Å². The van der Waals surface area contributed by atoms with Gasteiger partial charge in [0.05, 0.1) is 41.3 Å². The van der Waals surface area contributed by atoms with E-state index in [0.717, 1.165) is 66.7 Å². The third-order valence-electron chi connectivity index (χ3n) is 21.0. The van der Waals surface area contributed by atoms with Gasteiger partial charge in [-0.1, -0.05) is 79.0 Å². The number of likely N-dealkylation sites (N-methyl/N-ethyl adjacent to an activating group) is 1. The minimum absolute atomic E-state index is 0.0355. The summed E-state index contributed by atoms with van der Waals surface area (Å²) in [6.45, 7) is 5.59. The highest BCUT2D eigenvalue weighted by atomic mass is 35.5. The van der Waals surface area contributed by atoms with Gasteiger partial charge in [-0.05, 0) is 140 Å². The first-order valence-electron chi connectivity index (χ1n) is 38.1. The van der Waals surface area contributed by atoms with E-state index >= 15 is 14.4 Å². The summed E-state index contributed by atoms with van der Waals surface area (Å²) in [6, 6.07) is 6.98. The van der Waals surface area contributed by atoms with Crippen molar-refractivity contribution in [2.75, 3.05) is 25.5 Å². The lowest BCUT2D eigenvalue weighted by atomic mass is 9.85. The lowest BCUT2D eigenvalue weighted by Crippen LogP contribution is -2.65. The minimum atomic E-state index is -2.40. The standard InChI is InChI=1S/C81H87Cl3N12O26/c1-33(2)22-46(86-5)72(108)94-63-65(103)37-10-15-50(44(83)24-37)118-52-26-39-27-53(69(52)122-79-70(68(106)67(105)54(32-97)120-79)121-58-31-81(4,71(107)34(3)117-58)87-19-21-96-20-18-56(90-80(96)116)89-57(102)17-8-35-6-12-40(82)13-7-35)119-51-16-11-38(25-45(51)84)66(104)64-77(113)93-62(78(114)115)43-28-41(98)29-49(100)59(43)42-23-36(9-14-48(42)99)60(74(110)95-64)92-75(111)61(39)91-73(109)47(30-55(85)101)88-76(63)112/h6-18,20,23-29,33-34,46-47,54,58,60-68,70-71,79,86-87,97-100,103-107H,19,21-22,30-32H2,1-5H3,(H2,85,101)(H,88,112)(H,91,109)(H,92,111)(H,93,113)(H,94,108)(H,95,110)(H,114,115)(H,89,90,102,116)/b17-8+/t34-,46+,47+,54+,58+,60+,61?,62-,63-,64-,65-,66-,67-,68-,70-,71+,79?,81-/m1/s1. The predicted molar refractivity (Wildman–Crippen MR) is 431 cm³/mol. The van der Waals surface area contributed by atoms with Gasteiger partial charge in [0.1, 0.15) is 95.3 Å². The zero-order valence-electron chi connectivity index (χ0n) is 65.4. The van der Waals surface area contributed by atoms with Crippen molar-refractivity contribution in [1.29, 1.82) is 0 Å². The molecule has 21 N–H and O–H groups in total. The molecule has 0 saturated carbocycles. The molecule has 2 saturated heterocycles. The average Bonchev–Trinajstić information content (AvgIpc) is 0.763. The number of ether oxygens (including phenoxy) is 6. The first-order chi connectivity index (χ1) is 57.9. The monoisotopic (exact) mass is 1750 g/mol. The summed E-state index contributed by atoms with van der Waals surface area (Å²) in [7, 11) is 1.46. The van der Waals surface area contributed by atoms with Crippen LogP contribution in [0.2, 0.25) is 15.1 Å². The summed E-state index contributed by atoms with van der Waals surface area (Å²) in [5.41, 5.74) is 1.29. The van der Waals surface area contributed by atoms with Crippen LogP contribution in [-0.2, 0) is 63.9 Å². The Morgan fingerprint density at radius 3 is 1.98 bits per heavy atom. The topological polar surface area (TPSA) is 580 Å². The molecule has 7 aliphatic rings. The Bertz CT molecular complexity index is 5300. The van der Waals surface area contributed by atoms with Gasteiger partial charge in [0, 0.05) is 65.1 Å². The van der Waals surface area contributed by atoms with Gasteiger partial charge in [-0.25, -0.2) is 9.59 Å². The smallest absolute Gasteiger partial charge is 0.349 e. The van der Waals surface area contributed by atoms with Crippen LogP contribution in [0.5, 0.6) is 46.0 Å². The fourth-order valence-corrected chi connectivity index (χ4v) is 15.3. The molecule has 8 amide bonds. The molecule has 38 nitrogen and oxygen atoms in total. The highest BCUT2D eigenvalue weighted by Crippen LogP contribution is 2.50. The Labute approximate surface area is 708 Å². The van der Waals surface area contributed by atoms with E-state index in [4.69, 9.17) is 69.0 Å². The van der Waals surface area contributed by atoms with E-state index < -0.39 is 254 Å². The number of hydrogen-bond acceptors (Lipinski definition) is 28. The molecule has 1 aromatic heterocycles. The zero-order chi connectivity index (χ0) is 88.2. The van der Waals surface area contributed by atoms with Crippen LogP contribution in [-0.4, -0.2) is 213 Å². The number of phenols is 3. The number of amides is 8. The largest absolute Gasteiger partial charge is 0.508 e. The van der Waals surface area contributed by atoms with Gasteiger partial charge in [0.2, 0.25) is 59.3 Å². The minimum Gasteiger partial charge on any atom is -0.508 e. The number of hydrogen-bond donors (Lipinski definition) is 20. The van der Waals surface area contributed by atoms with Crippen molar-refractivity contribution < 1.29 is 123 Å². The van der Waals surface area contributed by atoms with E-state index in [1.54, 1.807) is 31.2 Å². The van der Waals surface area contributed by atoms with Crippen LogP contribution in [0.4, 0.5) is 5.82 Å². The van der Waals surface area contributed by atoms with Gasteiger partial charge in [-0.15, -0.1) is 0 Å². The van der Waals surface area contributed by atoms with Crippen LogP contribution < -0.4 is 73.5 Å². The lowest BCUT2D eigenvalue weighted by Gasteiger charge is -2.48. The maximum atomic E-state index is 16.2. The number of carbonyl (C=O) groups is 9. The van der Waals surface area contributed by atoms with E-state index in [2.05, 4.69) is 52.8 Å². The summed E-state index contributed by atoms with van der Waals surface area (Å²) < 4.78 is 40.5. The highest BCUT2D eigenvalue weighted by Gasteiger charge is 2.52. The lowest BCUT2D eigenvalue weighted by molar-refractivity contribution is -0.334.